The van der Waals surface area contributed by atoms with Crippen molar-refractivity contribution in [2.24, 2.45) is 0 Å². The molecule has 1 atom stereocenters. The lowest BCUT2D eigenvalue weighted by Gasteiger charge is -2.33. The van der Waals surface area contributed by atoms with Crippen LogP contribution in [0, 0.1) is 0 Å². The molecule has 1 aromatic carbocycles. The molecule has 1 unspecified atom stereocenters. The summed E-state index contributed by atoms with van der Waals surface area (Å²) in [6.45, 7) is 6.91. The van der Waals surface area contributed by atoms with Gasteiger partial charge in [0, 0.05) is 24.1 Å². The van der Waals surface area contributed by atoms with E-state index in [1.54, 1.807) is 12.1 Å². The summed E-state index contributed by atoms with van der Waals surface area (Å²) in [5.74, 6) is -0.474. The van der Waals surface area contributed by atoms with Crippen molar-refractivity contribution in [1.82, 2.24) is 4.90 Å². The molecule has 0 aliphatic heterocycles. The maximum Gasteiger partial charge on any atom is 0.303 e. The minimum atomic E-state index is -0.765. The van der Waals surface area contributed by atoms with Crippen molar-refractivity contribution in [2.75, 3.05) is 6.54 Å². The second kappa shape index (κ2) is 7.14. The Morgan fingerprint density at radius 1 is 1.26 bits per heavy atom. The van der Waals surface area contributed by atoms with Gasteiger partial charge in [-0.05, 0) is 39.8 Å². The number of aliphatic carboxylic acids is 1. The van der Waals surface area contributed by atoms with Crippen LogP contribution < -0.4 is 0 Å². The summed E-state index contributed by atoms with van der Waals surface area (Å²) in [4.78, 5) is 12.8. The molecule has 4 nitrogen and oxygen atoms in total. The number of carbonyl (C=O) groups is 1. The fourth-order valence-corrected chi connectivity index (χ4v) is 2.33. The van der Waals surface area contributed by atoms with Gasteiger partial charge in [0.1, 0.15) is 5.75 Å². The summed E-state index contributed by atoms with van der Waals surface area (Å²) in [6.07, 6.45) is 0.794. The van der Waals surface area contributed by atoms with Crippen LogP contribution in [0.3, 0.4) is 0 Å². The number of carboxylic acid groups (broad SMARTS) is 1. The first-order chi connectivity index (χ1) is 8.93. The highest BCUT2D eigenvalue weighted by Gasteiger charge is 2.20. The summed E-state index contributed by atoms with van der Waals surface area (Å²) >= 11 is 0. The van der Waals surface area contributed by atoms with E-state index in [2.05, 4.69) is 18.7 Å². The van der Waals surface area contributed by atoms with E-state index in [1.165, 1.54) is 0 Å². The van der Waals surface area contributed by atoms with Crippen molar-refractivity contribution in [3.05, 3.63) is 29.8 Å². The average Bonchev–Trinajstić information content (AvgIpc) is 2.33. The molecule has 0 spiro atoms. The Kier molecular flexibility index (Phi) is 5.83. The molecule has 0 saturated heterocycles. The number of para-hydroxylation sites is 1. The predicted octanol–water partition coefficient (Wildman–Crippen LogP) is 3.03. The molecular formula is C15H23NO3. The molecule has 0 fully saturated rings. The van der Waals surface area contributed by atoms with E-state index >= 15 is 0 Å². The molecule has 106 valence electrons. The molecule has 0 aliphatic carbocycles. The molecule has 0 aromatic heterocycles. The molecule has 0 saturated carbocycles. The van der Waals surface area contributed by atoms with E-state index in [0.717, 1.165) is 5.56 Å². The van der Waals surface area contributed by atoms with E-state index < -0.39 is 5.97 Å². The van der Waals surface area contributed by atoms with Crippen LogP contribution in [0.1, 0.15) is 45.2 Å². The maximum atomic E-state index is 10.6. The van der Waals surface area contributed by atoms with Crippen LogP contribution >= 0.6 is 0 Å². The molecule has 0 heterocycles. The standard InChI is InChI=1S/C15H23NO3/c1-11(2)16(10-6-9-15(18)19)12(3)13-7-4-5-8-14(13)17/h4-5,7-8,11-12,17H,6,9-10H2,1-3H3,(H,18,19). The van der Waals surface area contributed by atoms with Gasteiger partial charge in [0.2, 0.25) is 0 Å². The zero-order chi connectivity index (χ0) is 14.4. The lowest BCUT2D eigenvalue weighted by Crippen LogP contribution is -2.34. The Hall–Kier alpha value is -1.55. The van der Waals surface area contributed by atoms with Crippen LogP contribution in [0.4, 0.5) is 0 Å². The van der Waals surface area contributed by atoms with Crippen molar-refractivity contribution >= 4 is 5.97 Å². The van der Waals surface area contributed by atoms with Gasteiger partial charge in [0.25, 0.3) is 0 Å². The van der Waals surface area contributed by atoms with E-state index in [1.807, 2.05) is 19.1 Å². The van der Waals surface area contributed by atoms with Crippen molar-refractivity contribution in [3.8, 4) is 5.75 Å². The number of hydrogen-bond acceptors (Lipinski definition) is 3. The molecule has 2 N–H and O–H groups in total. The summed E-state index contributed by atoms with van der Waals surface area (Å²) in [7, 11) is 0. The third kappa shape index (κ3) is 4.56. The lowest BCUT2D eigenvalue weighted by molar-refractivity contribution is -0.137. The van der Waals surface area contributed by atoms with Crippen LogP contribution in [0.5, 0.6) is 5.75 Å². The second-order valence-electron chi connectivity index (χ2n) is 5.06. The minimum Gasteiger partial charge on any atom is -0.508 e. The molecule has 0 bridgehead atoms. The number of nitrogens with zero attached hydrogens (tertiary/aromatic N) is 1. The van der Waals surface area contributed by atoms with Crippen LogP contribution in [-0.4, -0.2) is 33.7 Å². The zero-order valence-electron chi connectivity index (χ0n) is 11.8. The number of benzene rings is 1. The average molecular weight is 265 g/mol. The minimum absolute atomic E-state index is 0.0648. The Morgan fingerprint density at radius 2 is 1.89 bits per heavy atom. The van der Waals surface area contributed by atoms with Gasteiger partial charge in [-0.2, -0.15) is 0 Å². The molecule has 4 heteroatoms. The Balaban J connectivity index is 2.76. The van der Waals surface area contributed by atoms with Gasteiger partial charge in [0.15, 0.2) is 0 Å². The molecule has 0 radical (unpaired) electrons. The summed E-state index contributed by atoms with van der Waals surface area (Å²) < 4.78 is 0. The van der Waals surface area contributed by atoms with E-state index in [0.29, 0.717) is 24.8 Å². The molecule has 19 heavy (non-hydrogen) atoms. The van der Waals surface area contributed by atoms with Crippen molar-refractivity contribution in [1.29, 1.82) is 0 Å². The smallest absolute Gasteiger partial charge is 0.303 e. The van der Waals surface area contributed by atoms with Crippen molar-refractivity contribution in [3.63, 3.8) is 0 Å². The molecule has 0 amide bonds. The van der Waals surface area contributed by atoms with E-state index in [9.17, 15) is 9.90 Å². The first-order valence-electron chi connectivity index (χ1n) is 6.69. The molecular weight excluding hydrogens is 242 g/mol. The normalized spacial score (nSPS) is 12.9. The van der Waals surface area contributed by atoms with Gasteiger partial charge in [-0.1, -0.05) is 18.2 Å². The van der Waals surface area contributed by atoms with Gasteiger partial charge in [0.05, 0.1) is 0 Å². The largest absolute Gasteiger partial charge is 0.508 e. The highest BCUT2D eigenvalue weighted by atomic mass is 16.4. The monoisotopic (exact) mass is 265 g/mol. The van der Waals surface area contributed by atoms with E-state index in [-0.39, 0.29) is 12.5 Å². The number of phenols is 1. The third-order valence-electron chi connectivity index (χ3n) is 3.35. The fourth-order valence-electron chi connectivity index (χ4n) is 2.33. The lowest BCUT2D eigenvalue weighted by atomic mass is 10.0. The van der Waals surface area contributed by atoms with Crippen molar-refractivity contribution in [2.45, 2.75) is 45.7 Å². The number of carboxylic acids is 1. The first kappa shape index (κ1) is 15.5. The summed E-state index contributed by atoms with van der Waals surface area (Å²) in [6, 6.07) is 7.66. The number of hydrogen-bond donors (Lipinski definition) is 2. The molecule has 1 rings (SSSR count). The number of phenolic OH excluding ortho intramolecular Hbond substituents is 1. The highest BCUT2D eigenvalue weighted by Crippen LogP contribution is 2.29. The first-order valence-corrected chi connectivity index (χ1v) is 6.69. The molecule has 0 aliphatic rings. The van der Waals surface area contributed by atoms with Gasteiger partial charge in [-0.15, -0.1) is 0 Å². The van der Waals surface area contributed by atoms with Crippen LogP contribution in [0.15, 0.2) is 24.3 Å². The highest BCUT2D eigenvalue weighted by molar-refractivity contribution is 5.66. The number of rotatable bonds is 7. The Bertz CT molecular complexity index is 418. The summed E-state index contributed by atoms with van der Waals surface area (Å²) in [5.41, 5.74) is 0.881. The van der Waals surface area contributed by atoms with Gasteiger partial charge < -0.3 is 10.2 Å². The quantitative estimate of drug-likeness (QED) is 0.795. The van der Waals surface area contributed by atoms with Crippen LogP contribution in [-0.2, 0) is 4.79 Å². The van der Waals surface area contributed by atoms with Crippen molar-refractivity contribution < 1.29 is 15.0 Å². The molecule has 1 aromatic rings. The topological polar surface area (TPSA) is 60.8 Å². The number of aromatic hydroxyl groups is 1. The Morgan fingerprint density at radius 3 is 2.42 bits per heavy atom. The van der Waals surface area contributed by atoms with Gasteiger partial charge in [-0.25, -0.2) is 0 Å². The summed E-state index contributed by atoms with van der Waals surface area (Å²) in [5, 5.41) is 18.6. The van der Waals surface area contributed by atoms with Crippen LogP contribution in [0.25, 0.3) is 0 Å². The maximum absolute atomic E-state index is 10.6. The third-order valence-corrected chi connectivity index (χ3v) is 3.35. The second-order valence-corrected chi connectivity index (χ2v) is 5.06. The van der Waals surface area contributed by atoms with Crippen LogP contribution in [0.2, 0.25) is 0 Å². The fraction of sp³-hybridized carbons (Fsp3) is 0.533. The SMILES string of the molecule is CC(C)N(CCCC(=O)O)C(C)c1ccccc1O. The Labute approximate surface area is 114 Å². The predicted molar refractivity (Wildman–Crippen MR) is 75.2 cm³/mol. The van der Waals surface area contributed by atoms with Gasteiger partial charge >= 0.3 is 5.97 Å². The zero-order valence-corrected chi connectivity index (χ0v) is 11.8. The van der Waals surface area contributed by atoms with Gasteiger partial charge in [-0.3, -0.25) is 9.69 Å². The van der Waals surface area contributed by atoms with E-state index in [4.69, 9.17) is 5.11 Å².